The highest BCUT2D eigenvalue weighted by Gasteiger charge is 2.45. The van der Waals surface area contributed by atoms with Gasteiger partial charge in [0.15, 0.2) is 0 Å². The highest BCUT2D eigenvalue weighted by Crippen LogP contribution is 2.29. The number of carbonyl (C=O) groups is 3. The minimum Gasteiger partial charge on any atom is -0.497 e. The van der Waals surface area contributed by atoms with E-state index < -0.39 is 11.9 Å². The number of benzene rings is 2. The molecule has 3 amide bonds. The Balaban J connectivity index is 1.92. The molecule has 1 fully saturated rings. The van der Waals surface area contributed by atoms with Gasteiger partial charge in [-0.2, -0.15) is 0 Å². The molecule has 6 nitrogen and oxygen atoms in total. The maximum atomic E-state index is 13.3. The van der Waals surface area contributed by atoms with Crippen molar-refractivity contribution < 1.29 is 19.1 Å². The summed E-state index contributed by atoms with van der Waals surface area (Å²) >= 11 is 5.91. The van der Waals surface area contributed by atoms with Crippen LogP contribution in [0.25, 0.3) is 0 Å². The van der Waals surface area contributed by atoms with Crippen molar-refractivity contribution in [2.45, 2.75) is 38.8 Å². The Morgan fingerprint density at radius 2 is 1.79 bits per heavy atom. The summed E-state index contributed by atoms with van der Waals surface area (Å²) in [7, 11) is 1.55. The Bertz CT molecular complexity index is 911. The zero-order valence-corrected chi connectivity index (χ0v) is 17.3. The molecule has 0 aliphatic carbocycles. The Kier molecular flexibility index (Phi) is 6.23. The van der Waals surface area contributed by atoms with Crippen LogP contribution >= 0.6 is 11.6 Å². The average molecular weight is 415 g/mol. The number of nitrogens with zero attached hydrogens (tertiary/aromatic N) is 2. The average Bonchev–Trinajstić information content (AvgIpc) is 3.02. The van der Waals surface area contributed by atoms with E-state index in [4.69, 9.17) is 16.3 Å². The molecule has 0 N–H and O–H groups in total. The van der Waals surface area contributed by atoms with E-state index in [0.29, 0.717) is 28.4 Å². The number of rotatable bonds is 6. The predicted molar refractivity (Wildman–Crippen MR) is 111 cm³/mol. The fourth-order valence-electron chi connectivity index (χ4n) is 3.42. The number of hydrogen-bond acceptors (Lipinski definition) is 4. The standard InChI is InChI=1S/C22H23ClN2O4/c1-4-14(2)24(21(27)15-5-11-18(29-3)12-6-15)19-13-20(26)25(22(19)28)17-9-7-16(23)8-10-17/h5-12,14,19H,4,13H2,1-3H3. The monoisotopic (exact) mass is 414 g/mol. The van der Waals surface area contributed by atoms with Crippen molar-refractivity contribution in [2.24, 2.45) is 0 Å². The van der Waals surface area contributed by atoms with Crippen LogP contribution in [0, 0.1) is 0 Å². The fourth-order valence-corrected chi connectivity index (χ4v) is 3.55. The molecule has 0 bridgehead atoms. The van der Waals surface area contributed by atoms with Gasteiger partial charge in [-0.25, -0.2) is 4.90 Å². The molecule has 2 unspecified atom stereocenters. The molecule has 1 aliphatic rings. The smallest absolute Gasteiger partial charge is 0.257 e. The van der Waals surface area contributed by atoms with E-state index in [-0.39, 0.29) is 24.3 Å². The number of imide groups is 1. The minimum absolute atomic E-state index is 0.0479. The number of carbonyl (C=O) groups excluding carboxylic acids is 3. The topological polar surface area (TPSA) is 66.9 Å². The molecule has 0 saturated carbocycles. The summed E-state index contributed by atoms with van der Waals surface area (Å²) in [6.07, 6.45) is 0.606. The second kappa shape index (κ2) is 8.66. The van der Waals surface area contributed by atoms with Gasteiger partial charge >= 0.3 is 0 Å². The number of anilines is 1. The van der Waals surface area contributed by atoms with Gasteiger partial charge in [0.05, 0.1) is 19.2 Å². The molecular weight excluding hydrogens is 392 g/mol. The number of hydrogen-bond donors (Lipinski definition) is 0. The van der Waals surface area contributed by atoms with E-state index in [2.05, 4.69) is 0 Å². The van der Waals surface area contributed by atoms with Crippen LogP contribution in [-0.2, 0) is 9.59 Å². The number of amides is 3. The van der Waals surface area contributed by atoms with Gasteiger partial charge in [0.1, 0.15) is 11.8 Å². The molecule has 0 spiro atoms. The lowest BCUT2D eigenvalue weighted by Gasteiger charge is -2.33. The van der Waals surface area contributed by atoms with E-state index in [0.717, 1.165) is 4.90 Å². The van der Waals surface area contributed by atoms with E-state index >= 15 is 0 Å². The molecule has 2 aromatic carbocycles. The Morgan fingerprint density at radius 3 is 2.34 bits per heavy atom. The van der Waals surface area contributed by atoms with Crippen molar-refractivity contribution in [1.29, 1.82) is 0 Å². The summed E-state index contributed by atoms with van der Waals surface area (Å²) in [4.78, 5) is 41.7. The van der Waals surface area contributed by atoms with Crippen molar-refractivity contribution in [1.82, 2.24) is 4.90 Å². The van der Waals surface area contributed by atoms with Gasteiger partial charge in [0.25, 0.3) is 11.8 Å². The molecule has 152 valence electrons. The first-order valence-corrected chi connectivity index (χ1v) is 9.84. The predicted octanol–water partition coefficient (Wildman–Crippen LogP) is 3.92. The van der Waals surface area contributed by atoms with Crippen molar-refractivity contribution in [3.8, 4) is 5.75 Å². The molecule has 2 atom stereocenters. The van der Waals surface area contributed by atoms with Crippen molar-refractivity contribution in [3.05, 3.63) is 59.1 Å². The van der Waals surface area contributed by atoms with E-state index in [9.17, 15) is 14.4 Å². The number of methoxy groups -OCH3 is 1. The van der Waals surface area contributed by atoms with Crippen LogP contribution < -0.4 is 9.64 Å². The quantitative estimate of drug-likeness (QED) is 0.672. The normalized spacial score (nSPS) is 17.4. The third kappa shape index (κ3) is 4.12. The molecule has 3 rings (SSSR count). The van der Waals surface area contributed by atoms with Gasteiger partial charge < -0.3 is 9.64 Å². The summed E-state index contributed by atoms with van der Waals surface area (Å²) in [5.41, 5.74) is 0.893. The Morgan fingerprint density at radius 1 is 1.17 bits per heavy atom. The second-order valence-electron chi connectivity index (χ2n) is 6.96. The van der Waals surface area contributed by atoms with E-state index in [1.807, 2.05) is 13.8 Å². The zero-order valence-electron chi connectivity index (χ0n) is 16.6. The third-order valence-corrected chi connectivity index (χ3v) is 5.43. The lowest BCUT2D eigenvalue weighted by molar-refractivity contribution is -0.122. The molecule has 7 heteroatoms. The summed E-state index contributed by atoms with van der Waals surface area (Å²) in [5, 5.41) is 0.514. The minimum atomic E-state index is -0.845. The SMILES string of the molecule is CCC(C)N(C(=O)c1ccc(OC)cc1)C1CC(=O)N(c2ccc(Cl)cc2)C1=O. The lowest BCUT2D eigenvalue weighted by Crippen LogP contribution is -2.49. The molecule has 29 heavy (non-hydrogen) atoms. The van der Waals surface area contributed by atoms with Crippen LogP contribution in [0.15, 0.2) is 48.5 Å². The van der Waals surface area contributed by atoms with Crippen LogP contribution in [0.5, 0.6) is 5.75 Å². The third-order valence-electron chi connectivity index (χ3n) is 5.18. The van der Waals surface area contributed by atoms with Crippen LogP contribution in [0.2, 0.25) is 5.02 Å². The van der Waals surface area contributed by atoms with Gasteiger partial charge in [-0.15, -0.1) is 0 Å². The first-order chi connectivity index (χ1) is 13.9. The van der Waals surface area contributed by atoms with E-state index in [1.54, 1.807) is 55.6 Å². The summed E-state index contributed by atoms with van der Waals surface area (Å²) in [5.74, 6) is -0.388. The van der Waals surface area contributed by atoms with Gasteiger partial charge in [-0.3, -0.25) is 14.4 Å². The summed E-state index contributed by atoms with van der Waals surface area (Å²) in [6.45, 7) is 3.82. The summed E-state index contributed by atoms with van der Waals surface area (Å²) < 4.78 is 5.14. The van der Waals surface area contributed by atoms with Gasteiger partial charge in [-0.1, -0.05) is 18.5 Å². The van der Waals surface area contributed by atoms with Crippen LogP contribution in [0.3, 0.4) is 0 Å². The number of halogens is 1. The molecule has 0 aromatic heterocycles. The molecule has 0 radical (unpaired) electrons. The molecular formula is C22H23ClN2O4. The molecule has 1 aliphatic heterocycles. The first-order valence-electron chi connectivity index (χ1n) is 9.46. The van der Waals surface area contributed by atoms with Crippen LogP contribution in [0.1, 0.15) is 37.0 Å². The Hall–Kier alpha value is -2.86. The maximum absolute atomic E-state index is 13.3. The molecule has 1 heterocycles. The lowest BCUT2D eigenvalue weighted by atomic mass is 10.1. The number of ether oxygens (including phenoxy) is 1. The second-order valence-corrected chi connectivity index (χ2v) is 7.40. The highest BCUT2D eigenvalue weighted by atomic mass is 35.5. The largest absolute Gasteiger partial charge is 0.497 e. The van der Waals surface area contributed by atoms with Crippen LogP contribution in [-0.4, -0.2) is 41.8 Å². The first kappa shape index (κ1) is 20.9. The van der Waals surface area contributed by atoms with Crippen molar-refractivity contribution in [3.63, 3.8) is 0 Å². The van der Waals surface area contributed by atoms with Gasteiger partial charge in [0.2, 0.25) is 5.91 Å². The fraction of sp³-hybridized carbons (Fsp3) is 0.318. The van der Waals surface area contributed by atoms with Gasteiger partial charge in [-0.05, 0) is 61.9 Å². The maximum Gasteiger partial charge on any atom is 0.257 e. The van der Waals surface area contributed by atoms with E-state index in [1.165, 1.54) is 4.90 Å². The Labute approximate surface area is 175 Å². The van der Waals surface area contributed by atoms with Crippen LogP contribution in [0.4, 0.5) is 5.69 Å². The molecule has 2 aromatic rings. The molecule has 1 saturated heterocycles. The van der Waals surface area contributed by atoms with Gasteiger partial charge in [0, 0.05) is 16.6 Å². The highest BCUT2D eigenvalue weighted by molar-refractivity contribution is 6.31. The van der Waals surface area contributed by atoms with Crippen molar-refractivity contribution in [2.75, 3.05) is 12.0 Å². The zero-order chi connectivity index (χ0) is 21.1. The van der Waals surface area contributed by atoms with Crippen molar-refractivity contribution >= 4 is 35.0 Å². The summed E-state index contributed by atoms with van der Waals surface area (Å²) in [6, 6.07) is 12.2.